The molecule has 1 unspecified atom stereocenters. The van der Waals surface area contributed by atoms with Gasteiger partial charge in [-0.25, -0.2) is 4.99 Å². The third kappa shape index (κ3) is 3.94. The van der Waals surface area contributed by atoms with E-state index in [4.69, 9.17) is 26.1 Å². The molecule has 0 aliphatic carbocycles. The fourth-order valence-corrected chi connectivity index (χ4v) is 3.72. The van der Waals surface area contributed by atoms with Gasteiger partial charge in [0.15, 0.2) is 0 Å². The Balaban J connectivity index is 1.79. The molecule has 1 atom stereocenters. The van der Waals surface area contributed by atoms with Gasteiger partial charge in [0.05, 0.1) is 23.0 Å². The van der Waals surface area contributed by atoms with Gasteiger partial charge in [0.1, 0.15) is 11.5 Å². The molecule has 0 amide bonds. The third-order valence-corrected chi connectivity index (χ3v) is 5.29. The summed E-state index contributed by atoms with van der Waals surface area (Å²) in [6.45, 7) is 10.2. The molecule has 152 valence electrons. The van der Waals surface area contributed by atoms with Crippen molar-refractivity contribution in [3.8, 4) is 11.5 Å². The predicted molar refractivity (Wildman–Crippen MR) is 119 cm³/mol. The fraction of sp³-hybridized carbons (Fsp3) is 0.208. The Kier molecular flexibility index (Phi) is 5.55. The summed E-state index contributed by atoms with van der Waals surface area (Å²) in [5.74, 6) is 1.58. The summed E-state index contributed by atoms with van der Waals surface area (Å²) in [4.78, 5) is 13.1. The van der Waals surface area contributed by atoms with E-state index in [9.17, 15) is 0 Å². The van der Waals surface area contributed by atoms with Crippen molar-refractivity contribution in [1.82, 2.24) is 9.97 Å². The van der Waals surface area contributed by atoms with E-state index in [1.807, 2.05) is 38.1 Å². The third-order valence-electron chi connectivity index (χ3n) is 4.86. The van der Waals surface area contributed by atoms with Crippen LogP contribution >= 0.6 is 11.6 Å². The largest absolute Gasteiger partial charge is 0.463 e. The Morgan fingerprint density at radius 1 is 1.00 bits per heavy atom. The van der Waals surface area contributed by atoms with Gasteiger partial charge in [-0.2, -0.15) is 0 Å². The van der Waals surface area contributed by atoms with Crippen LogP contribution in [0.3, 0.4) is 0 Å². The van der Waals surface area contributed by atoms with Crippen LogP contribution < -0.4 is 9.47 Å². The quantitative estimate of drug-likeness (QED) is 0.555. The lowest BCUT2D eigenvalue weighted by Crippen LogP contribution is -2.28. The zero-order valence-electron chi connectivity index (χ0n) is 17.1. The summed E-state index contributed by atoms with van der Waals surface area (Å²) in [6.07, 6.45) is 6.99. The average molecular weight is 420 g/mol. The number of rotatable bonds is 4. The van der Waals surface area contributed by atoms with E-state index in [2.05, 4.69) is 23.5 Å². The number of aromatic nitrogens is 2. The molecule has 1 aliphatic heterocycles. The SMILES string of the molecule is C=C1c2ccc(CC)c(Cl)c2C(Oc2cncc(C)c2)=NC1Oc1cncc(C)c1. The van der Waals surface area contributed by atoms with E-state index in [1.54, 1.807) is 24.8 Å². The van der Waals surface area contributed by atoms with E-state index in [1.165, 1.54) is 0 Å². The molecule has 3 heterocycles. The Hall–Kier alpha value is -3.18. The minimum atomic E-state index is -0.655. The molecule has 6 heteroatoms. The van der Waals surface area contributed by atoms with Crippen LogP contribution in [0.5, 0.6) is 11.5 Å². The van der Waals surface area contributed by atoms with Crippen LogP contribution in [0.4, 0.5) is 0 Å². The van der Waals surface area contributed by atoms with Crippen LogP contribution in [0.1, 0.15) is 34.7 Å². The van der Waals surface area contributed by atoms with Crippen LogP contribution in [0.15, 0.2) is 60.6 Å². The Bertz CT molecular complexity index is 1160. The van der Waals surface area contributed by atoms with Gasteiger partial charge < -0.3 is 9.47 Å². The molecule has 0 saturated heterocycles. The number of aliphatic imine (C=N–C) groups is 1. The average Bonchev–Trinajstić information content (AvgIpc) is 2.71. The molecule has 0 radical (unpaired) electrons. The first kappa shape index (κ1) is 20.1. The molecule has 1 aromatic carbocycles. The van der Waals surface area contributed by atoms with E-state index in [0.717, 1.165) is 34.2 Å². The van der Waals surface area contributed by atoms with Gasteiger partial charge in [0.2, 0.25) is 12.1 Å². The first-order chi connectivity index (χ1) is 14.5. The lowest BCUT2D eigenvalue weighted by atomic mass is 9.94. The molecule has 0 saturated carbocycles. The molecular formula is C24H22ClN3O2. The standard InChI is InChI=1S/C24H22ClN3O2/c1-5-17-6-7-20-16(4)23(29-18-8-14(2)10-26-12-18)28-24(21(20)22(17)25)30-19-9-15(3)11-27-13-19/h6-13,23H,4-5H2,1-3H3. The summed E-state index contributed by atoms with van der Waals surface area (Å²) in [7, 11) is 0. The molecule has 0 spiro atoms. The van der Waals surface area contributed by atoms with Crippen LogP contribution in [0.2, 0.25) is 5.02 Å². The minimum absolute atomic E-state index is 0.385. The van der Waals surface area contributed by atoms with Crippen molar-refractivity contribution < 1.29 is 9.47 Å². The fourth-order valence-electron chi connectivity index (χ4n) is 3.34. The zero-order chi connectivity index (χ0) is 21.3. The number of nitrogens with zero attached hydrogens (tertiary/aromatic N) is 3. The van der Waals surface area contributed by atoms with E-state index in [0.29, 0.717) is 28.0 Å². The highest BCUT2D eigenvalue weighted by Crippen LogP contribution is 2.36. The van der Waals surface area contributed by atoms with Crippen LogP contribution in [-0.4, -0.2) is 22.1 Å². The van der Waals surface area contributed by atoms with Gasteiger partial charge in [-0.05, 0) is 54.7 Å². The molecule has 5 nitrogen and oxygen atoms in total. The second kappa shape index (κ2) is 8.28. The van der Waals surface area contributed by atoms with Crippen molar-refractivity contribution in [3.63, 3.8) is 0 Å². The highest BCUT2D eigenvalue weighted by molar-refractivity contribution is 6.35. The number of benzene rings is 1. The van der Waals surface area contributed by atoms with Crippen LogP contribution in [0, 0.1) is 13.8 Å². The second-order valence-electron chi connectivity index (χ2n) is 7.24. The molecule has 0 bridgehead atoms. The zero-order valence-corrected chi connectivity index (χ0v) is 17.9. The number of hydrogen-bond acceptors (Lipinski definition) is 5. The maximum Gasteiger partial charge on any atom is 0.227 e. The monoisotopic (exact) mass is 419 g/mol. The number of halogens is 1. The molecule has 1 aliphatic rings. The van der Waals surface area contributed by atoms with Gasteiger partial charge >= 0.3 is 0 Å². The predicted octanol–water partition coefficient (Wildman–Crippen LogP) is 5.57. The van der Waals surface area contributed by atoms with Crippen LogP contribution in [0.25, 0.3) is 5.57 Å². The molecular weight excluding hydrogens is 398 g/mol. The first-order valence-electron chi connectivity index (χ1n) is 9.72. The highest BCUT2D eigenvalue weighted by Gasteiger charge is 2.30. The Morgan fingerprint density at radius 2 is 1.67 bits per heavy atom. The highest BCUT2D eigenvalue weighted by atomic mass is 35.5. The Morgan fingerprint density at radius 3 is 2.33 bits per heavy atom. The summed E-state index contributed by atoms with van der Waals surface area (Å²) >= 11 is 6.74. The molecule has 30 heavy (non-hydrogen) atoms. The van der Waals surface area contributed by atoms with Gasteiger partial charge in [-0.1, -0.05) is 37.2 Å². The van der Waals surface area contributed by atoms with Gasteiger partial charge in [-0.15, -0.1) is 0 Å². The van der Waals surface area contributed by atoms with Gasteiger partial charge in [0, 0.05) is 18.0 Å². The number of ether oxygens (including phenoxy) is 2. The van der Waals surface area contributed by atoms with E-state index < -0.39 is 6.23 Å². The van der Waals surface area contributed by atoms with Crippen LogP contribution in [-0.2, 0) is 6.42 Å². The van der Waals surface area contributed by atoms with Gasteiger partial charge in [-0.3, -0.25) is 9.97 Å². The minimum Gasteiger partial charge on any atom is -0.463 e. The first-order valence-corrected chi connectivity index (χ1v) is 10.1. The summed E-state index contributed by atoms with van der Waals surface area (Å²) < 4.78 is 12.3. The topological polar surface area (TPSA) is 56.6 Å². The van der Waals surface area contributed by atoms with Crippen molar-refractivity contribution in [2.24, 2.45) is 4.99 Å². The van der Waals surface area contributed by atoms with Crippen molar-refractivity contribution in [1.29, 1.82) is 0 Å². The second-order valence-corrected chi connectivity index (χ2v) is 7.62. The van der Waals surface area contributed by atoms with E-state index >= 15 is 0 Å². The summed E-state index contributed by atoms with van der Waals surface area (Å²) in [5, 5.41) is 0.617. The Labute approximate surface area is 181 Å². The number of pyridine rings is 2. The number of hydrogen-bond donors (Lipinski definition) is 0. The normalized spacial score (nSPS) is 15.4. The smallest absolute Gasteiger partial charge is 0.227 e. The lowest BCUT2D eigenvalue weighted by Gasteiger charge is -2.27. The van der Waals surface area contributed by atoms with Crippen molar-refractivity contribution in [3.05, 3.63) is 88.5 Å². The van der Waals surface area contributed by atoms with Crippen molar-refractivity contribution >= 4 is 23.1 Å². The maximum absolute atomic E-state index is 6.74. The van der Waals surface area contributed by atoms with Crippen molar-refractivity contribution in [2.45, 2.75) is 33.4 Å². The molecule has 2 aromatic heterocycles. The summed E-state index contributed by atoms with van der Waals surface area (Å²) in [6, 6.07) is 7.81. The van der Waals surface area contributed by atoms with E-state index in [-0.39, 0.29) is 0 Å². The lowest BCUT2D eigenvalue weighted by molar-refractivity contribution is 0.263. The molecule has 0 fully saturated rings. The number of fused-ring (bicyclic) bond motifs is 1. The maximum atomic E-state index is 6.74. The van der Waals surface area contributed by atoms with Crippen molar-refractivity contribution in [2.75, 3.05) is 0 Å². The molecule has 4 rings (SSSR count). The molecule has 0 N–H and O–H groups in total. The molecule has 3 aromatic rings. The van der Waals surface area contributed by atoms with Gasteiger partial charge in [0.25, 0.3) is 0 Å². The number of aryl methyl sites for hydroxylation is 3. The summed E-state index contributed by atoms with van der Waals surface area (Å²) in [5.41, 5.74) is 5.30.